The molecule has 104 valence electrons. The minimum atomic E-state index is 0.114. The first-order valence-electron chi connectivity index (χ1n) is 6.46. The van der Waals surface area contributed by atoms with Crippen LogP contribution in [0.1, 0.15) is 18.4 Å². The lowest BCUT2D eigenvalue weighted by Gasteiger charge is -2.17. The highest BCUT2D eigenvalue weighted by molar-refractivity contribution is 6.35. The van der Waals surface area contributed by atoms with E-state index in [2.05, 4.69) is 10.2 Å². The first-order valence-corrected chi connectivity index (χ1v) is 7.21. The second kappa shape index (κ2) is 6.60. The molecule has 1 aliphatic rings. The van der Waals surface area contributed by atoms with Gasteiger partial charge in [0.1, 0.15) is 0 Å². The number of carbonyl (C=O) groups excluding carboxylic acids is 1. The largest absolute Gasteiger partial charge is 0.359 e. The number of rotatable bonds is 4. The van der Waals surface area contributed by atoms with Crippen LogP contribution in [0, 0.1) is 5.92 Å². The SMILES string of the molecule is CNC(=O)CC1CCN(Cc2c(Cl)cccc2Cl)C1. The second-order valence-corrected chi connectivity index (χ2v) is 5.78. The first-order chi connectivity index (χ1) is 9.10. The number of hydrogen-bond acceptors (Lipinski definition) is 2. The van der Waals surface area contributed by atoms with Crippen molar-refractivity contribution in [3.05, 3.63) is 33.8 Å². The van der Waals surface area contributed by atoms with Gasteiger partial charge in [-0.1, -0.05) is 29.3 Å². The number of halogens is 2. The Morgan fingerprint density at radius 2 is 2.11 bits per heavy atom. The maximum atomic E-state index is 11.4. The minimum Gasteiger partial charge on any atom is -0.359 e. The lowest BCUT2D eigenvalue weighted by atomic mass is 10.0. The molecule has 2 rings (SSSR count). The Labute approximate surface area is 123 Å². The van der Waals surface area contributed by atoms with Crippen molar-refractivity contribution in [3.8, 4) is 0 Å². The standard InChI is InChI=1S/C14H18Cl2N2O/c1-17-14(19)7-10-5-6-18(8-10)9-11-12(15)3-2-4-13(11)16/h2-4,10H,5-9H2,1H3,(H,17,19). The van der Waals surface area contributed by atoms with Gasteiger partial charge in [0.15, 0.2) is 0 Å². The molecule has 0 saturated carbocycles. The molecule has 1 atom stereocenters. The Morgan fingerprint density at radius 1 is 1.42 bits per heavy atom. The average Bonchev–Trinajstić information content (AvgIpc) is 2.81. The number of carbonyl (C=O) groups is 1. The topological polar surface area (TPSA) is 32.3 Å². The van der Waals surface area contributed by atoms with E-state index in [4.69, 9.17) is 23.2 Å². The summed E-state index contributed by atoms with van der Waals surface area (Å²) in [4.78, 5) is 13.7. The third-order valence-electron chi connectivity index (χ3n) is 3.57. The van der Waals surface area contributed by atoms with Crippen LogP contribution in [0.15, 0.2) is 18.2 Å². The Hall–Kier alpha value is -0.770. The molecule has 1 aliphatic heterocycles. The quantitative estimate of drug-likeness (QED) is 0.927. The molecular weight excluding hydrogens is 283 g/mol. The summed E-state index contributed by atoms with van der Waals surface area (Å²) in [5.74, 6) is 0.545. The fourth-order valence-corrected chi connectivity index (χ4v) is 3.01. The molecule has 0 radical (unpaired) electrons. The maximum Gasteiger partial charge on any atom is 0.220 e. The van der Waals surface area contributed by atoms with Crippen LogP contribution in [-0.2, 0) is 11.3 Å². The monoisotopic (exact) mass is 300 g/mol. The zero-order chi connectivity index (χ0) is 13.8. The number of benzene rings is 1. The van der Waals surface area contributed by atoms with Crippen molar-refractivity contribution in [2.24, 2.45) is 5.92 Å². The highest BCUT2D eigenvalue weighted by Gasteiger charge is 2.25. The Bertz CT molecular complexity index is 445. The molecule has 19 heavy (non-hydrogen) atoms. The normalized spacial score (nSPS) is 19.6. The van der Waals surface area contributed by atoms with Crippen LogP contribution in [-0.4, -0.2) is 30.9 Å². The molecule has 1 unspecified atom stereocenters. The number of likely N-dealkylation sites (tertiary alicyclic amines) is 1. The summed E-state index contributed by atoms with van der Waals surface area (Å²) in [7, 11) is 1.68. The molecule has 0 aromatic heterocycles. The van der Waals surface area contributed by atoms with Crippen molar-refractivity contribution in [2.75, 3.05) is 20.1 Å². The van der Waals surface area contributed by atoms with Gasteiger partial charge in [-0.05, 0) is 31.0 Å². The molecule has 1 saturated heterocycles. The molecule has 0 aliphatic carbocycles. The lowest BCUT2D eigenvalue weighted by molar-refractivity contribution is -0.121. The van der Waals surface area contributed by atoms with Crippen molar-refractivity contribution in [2.45, 2.75) is 19.4 Å². The number of nitrogens with zero attached hydrogens (tertiary/aromatic N) is 1. The van der Waals surface area contributed by atoms with Gasteiger partial charge in [0.2, 0.25) is 5.91 Å². The highest BCUT2D eigenvalue weighted by Crippen LogP contribution is 2.28. The molecule has 1 heterocycles. The van der Waals surface area contributed by atoms with E-state index in [0.717, 1.165) is 31.6 Å². The van der Waals surface area contributed by atoms with Gasteiger partial charge in [-0.15, -0.1) is 0 Å². The van der Waals surface area contributed by atoms with Crippen molar-refractivity contribution < 1.29 is 4.79 Å². The average molecular weight is 301 g/mol. The van der Waals surface area contributed by atoms with Gasteiger partial charge in [0.25, 0.3) is 0 Å². The van der Waals surface area contributed by atoms with Gasteiger partial charge in [-0.3, -0.25) is 9.69 Å². The van der Waals surface area contributed by atoms with Crippen LogP contribution in [0.4, 0.5) is 0 Å². The van der Waals surface area contributed by atoms with Gasteiger partial charge in [0.05, 0.1) is 0 Å². The van der Waals surface area contributed by atoms with Gasteiger partial charge in [0, 0.05) is 42.2 Å². The van der Waals surface area contributed by atoms with E-state index >= 15 is 0 Å². The molecule has 3 nitrogen and oxygen atoms in total. The van der Waals surface area contributed by atoms with Crippen LogP contribution >= 0.6 is 23.2 Å². The van der Waals surface area contributed by atoms with E-state index in [9.17, 15) is 4.79 Å². The Morgan fingerprint density at radius 3 is 2.74 bits per heavy atom. The first kappa shape index (κ1) is 14.6. The number of hydrogen-bond donors (Lipinski definition) is 1. The van der Waals surface area contributed by atoms with Crippen molar-refractivity contribution in [1.82, 2.24) is 10.2 Å². The van der Waals surface area contributed by atoms with Crippen molar-refractivity contribution in [1.29, 1.82) is 0 Å². The third-order valence-corrected chi connectivity index (χ3v) is 4.27. The van der Waals surface area contributed by atoms with Crippen LogP contribution < -0.4 is 5.32 Å². The van der Waals surface area contributed by atoms with E-state index in [1.54, 1.807) is 7.05 Å². The van der Waals surface area contributed by atoms with Crippen LogP contribution in [0.25, 0.3) is 0 Å². The molecule has 1 aromatic rings. The maximum absolute atomic E-state index is 11.4. The van der Waals surface area contributed by atoms with E-state index in [-0.39, 0.29) is 5.91 Å². The Balaban J connectivity index is 1.93. The summed E-state index contributed by atoms with van der Waals surface area (Å²) in [5.41, 5.74) is 0.978. The van der Waals surface area contributed by atoms with Crippen molar-refractivity contribution >= 4 is 29.1 Å². The predicted octanol–water partition coefficient (Wildman–Crippen LogP) is 2.95. The zero-order valence-electron chi connectivity index (χ0n) is 11.0. The fraction of sp³-hybridized carbons (Fsp3) is 0.500. The predicted molar refractivity (Wildman–Crippen MR) is 78.5 cm³/mol. The van der Waals surface area contributed by atoms with Gasteiger partial charge >= 0.3 is 0 Å². The smallest absolute Gasteiger partial charge is 0.220 e. The Kier molecular flexibility index (Phi) is 5.08. The van der Waals surface area contributed by atoms with Gasteiger partial charge < -0.3 is 5.32 Å². The summed E-state index contributed by atoms with van der Waals surface area (Å²) < 4.78 is 0. The van der Waals surface area contributed by atoms with Crippen LogP contribution in [0.3, 0.4) is 0 Å². The number of nitrogens with one attached hydrogen (secondary N) is 1. The summed E-state index contributed by atoms with van der Waals surface area (Å²) in [6.07, 6.45) is 1.65. The lowest BCUT2D eigenvalue weighted by Crippen LogP contribution is -2.24. The van der Waals surface area contributed by atoms with E-state index in [0.29, 0.717) is 22.4 Å². The van der Waals surface area contributed by atoms with E-state index < -0.39 is 0 Å². The minimum absolute atomic E-state index is 0.114. The second-order valence-electron chi connectivity index (χ2n) is 4.97. The molecule has 1 aromatic carbocycles. The molecule has 1 fully saturated rings. The summed E-state index contributed by atoms with van der Waals surface area (Å²) in [5, 5.41) is 4.10. The summed E-state index contributed by atoms with van der Waals surface area (Å²) >= 11 is 12.4. The van der Waals surface area contributed by atoms with E-state index in [1.165, 1.54) is 0 Å². The van der Waals surface area contributed by atoms with Crippen molar-refractivity contribution in [3.63, 3.8) is 0 Å². The van der Waals surface area contributed by atoms with Gasteiger partial charge in [-0.25, -0.2) is 0 Å². The fourth-order valence-electron chi connectivity index (χ4n) is 2.49. The summed E-state index contributed by atoms with van der Waals surface area (Å²) in [6, 6.07) is 5.58. The van der Waals surface area contributed by atoms with E-state index in [1.807, 2.05) is 18.2 Å². The number of amides is 1. The molecular formula is C14H18Cl2N2O. The molecule has 1 N–H and O–H groups in total. The zero-order valence-corrected chi connectivity index (χ0v) is 12.5. The molecule has 0 bridgehead atoms. The van der Waals surface area contributed by atoms with Crippen LogP contribution in [0.2, 0.25) is 10.0 Å². The van der Waals surface area contributed by atoms with Gasteiger partial charge in [-0.2, -0.15) is 0 Å². The van der Waals surface area contributed by atoms with Crippen LogP contribution in [0.5, 0.6) is 0 Å². The molecule has 5 heteroatoms. The molecule has 1 amide bonds. The highest BCUT2D eigenvalue weighted by atomic mass is 35.5. The molecule has 0 spiro atoms. The third kappa shape index (κ3) is 3.85. The summed E-state index contributed by atoms with van der Waals surface area (Å²) in [6.45, 7) is 2.67.